The summed E-state index contributed by atoms with van der Waals surface area (Å²) >= 11 is 1.70. The molecule has 0 spiro atoms. The summed E-state index contributed by atoms with van der Waals surface area (Å²) in [6, 6.07) is 6.92. The van der Waals surface area contributed by atoms with Crippen molar-refractivity contribution in [3.63, 3.8) is 0 Å². The van der Waals surface area contributed by atoms with E-state index in [2.05, 4.69) is 4.98 Å². The van der Waals surface area contributed by atoms with E-state index in [4.69, 9.17) is 5.11 Å². The summed E-state index contributed by atoms with van der Waals surface area (Å²) < 4.78 is 2.01. The quantitative estimate of drug-likeness (QED) is 0.825. The molecule has 0 saturated heterocycles. The van der Waals surface area contributed by atoms with Crippen LogP contribution in [0.5, 0.6) is 0 Å². The second-order valence-electron chi connectivity index (χ2n) is 3.48. The van der Waals surface area contributed by atoms with E-state index in [1.165, 1.54) is 0 Å². The van der Waals surface area contributed by atoms with Crippen molar-refractivity contribution in [2.45, 2.75) is 11.4 Å². The van der Waals surface area contributed by atoms with Crippen LogP contribution in [0.1, 0.15) is 10.4 Å². The zero-order valence-corrected chi connectivity index (χ0v) is 9.93. The van der Waals surface area contributed by atoms with Crippen LogP contribution < -0.4 is 0 Å². The van der Waals surface area contributed by atoms with Gasteiger partial charge in [0.05, 0.1) is 11.9 Å². The molecule has 0 aliphatic rings. The third-order valence-corrected chi connectivity index (χ3v) is 3.27. The minimum atomic E-state index is -0.889. The number of carboxylic acids is 1. The van der Waals surface area contributed by atoms with Crippen molar-refractivity contribution in [2.24, 2.45) is 0 Å². The highest BCUT2D eigenvalue weighted by molar-refractivity contribution is 7.99. The molecule has 0 radical (unpaired) electrons. The van der Waals surface area contributed by atoms with Crippen LogP contribution in [0.4, 0.5) is 0 Å². The van der Waals surface area contributed by atoms with Crippen LogP contribution in [0.15, 0.2) is 47.9 Å². The van der Waals surface area contributed by atoms with Gasteiger partial charge < -0.3 is 9.67 Å². The van der Waals surface area contributed by atoms with Crippen molar-refractivity contribution in [1.29, 1.82) is 0 Å². The molecule has 1 aromatic heterocycles. The topological polar surface area (TPSA) is 55.1 Å². The molecule has 5 heteroatoms. The van der Waals surface area contributed by atoms with Crippen LogP contribution in [0.2, 0.25) is 0 Å². The summed E-state index contributed by atoms with van der Waals surface area (Å²) in [7, 11) is 0. The van der Waals surface area contributed by atoms with E-state index in [1.54, 1.807) is 36.4 Å². The van der Waals surface area contributed by atoms with Crippen molar-refractivity contribution in [1.82, 2.24) is 9.55 Å². The molecular formula is C12H12N2O2S. The fourth-order valence-electron chi connectivity index (χ4n) is 1.38. The van der Waals surface area contributed by atoms with E-state index >= 15 is 0 Å². The number of rotatable bonds is 5. The first kappa shape index (κ1) is 11.7. The minimum absolute atomic E-state index is 0.323. The number of nitrogens with zero attached hydrogens (tertiary/aromatic N) is 2. The third-order valence-electron chi connectivity index (χ3n) is 2.28. The Bertz CT molecular complexity index is 480. The van der Waals surface area contributed by atoms with Crippen LogP contribution in [0, 0.1) is 0 Å². The van der Waals surface area contributed by atoms with Crippen molar-refractivity contribution in [2.75, 3.05) is 5.75 Å². The summed E-state index contributed by atoms with van der Waals surface area (Å²) in [5, 5.41) is 8.76. The standard InChI is InChI=1S/C12H12N2O2S/c15-12(16)10-1-3-11(4-2-10)17-8-7-14-6-5-13-9-14/h1-6,9H,7-8H2,(H,15,16). The van der Waals surface area contributed by atoms with Crippen LogP contribution in [-0.2, 0) is 6.54 Å². The number of aromatic nitrogens is 2. The van der Waals surface area contributed by atoms with Gasteiger partial charge in [0.1, 0.15) is 0 Å². The maximum absolute atomic E-state index is 10.7. The second-order valence-corrected chi connectivity index (χ2v) is 4.65. The third kappa shape index (κ3) is 3.35. The van der Waals surface area contributed by atoms with E-state index in [-0.39, 0.29) is 0 Å². The highest BCUT2D eigenvalue weighted by Crippen LogP contribution is 2.18. The molecule has 4 nitrogen and oxygen atoms in total. The van der Waals surface area contributed by atoms with Gasteiger partial charge in [-0.25, -0.2) is 9.78 Å². The van der Waals surface area contributed by atoms with Gasteiger partial charge in [-0.3, -0.25) is 0 Å². The molecule has 88 valence electrons. The first-order valence-electron chi connectivity index (χ1n) is 5.17. The predicted octanol–water partition coefficient (Wildman–Crippen LogP) is 2.37. The lowest BCUT2D eigenvalue weighted by Gasteiger charge is -2.03. The van der Waals surface area contributed by atoms with Gasteiger partial charge in [-0.05, 0) is 24.3 Å². The summed E-state index contributed by atoms with van der Waals surface area (Å²) in [4.78, 5) is 15.7. The fourth-order valence-corrected chi connectivity index (χ4v) is 2.25. The highest BCUT2D eigenvalue weighted by atomic mass is 32.2. The summed E-state index contributed by atoms with van der Waals surface area (Å²) in [5.41, 5.74) is 0.323. The van der Waals surface area contributed by atoms with Crippen molar-refractivity contribution >= 4 is 17.7 Å². The number of carboxylic acid groups (broad SMARTS) is 1. The normalized spacial score (nSPS) is 10.4. The van der Waals surface area contributed by atoms with Crippen LogP contribution in [0.25, 0.3) is 0 Å². The van der Waals surface area contributed by atoms with Crippen molar-refractivity contribution in [3.05, 3.63) is 48.5 Å². The Labute approximate surface area is 103 Å². The van der Waals surface area contributed by atoms with Crippen LogP contribution >= 0.6 is 11.8 Å². The van der Waals surface area contributed by atoms with Gasteiger partial charge in [0.15, 0.2) is 0 Å². The molecule has 0 aliphatic heterocycles. The lowest BCUT2D eigenvalue weighted by Crippen LogP contribution is -1.97. The van der Waals surface area contributed by atoms with Gasteiger partial charge in [0.2, 0.25) is 0 Å². The molecule has 0 fully saturated rings. The fraction of sp³-hybridized carbons (Fsp3) is 0.167. The number of aromatic carboxylic acids is 1. The molecular weight excluding hydrogens is 236 g/mol. The number of aryl methyl sites for hydroxylation is 1. The molecule has 2 rings (SSSR count). The molecule has 17 heavy (non-hydrogen) atoms. The largest absolute Gasteiger partial charge is 0.478 e. The van der Waals surface area contributed by atoms with Crippen LogP contribution in [-0.4, -0.2) is 26.4 Å². The molecule has 1 heterocycles. The Balaban J connectivity index is 1.85. The zero-order chi connectivity index (χ0) is 12.1. The average Bonchev–Trinajstić information content (AvgIpc) is 2.83. The molecule has 0 bridgehead atoms. The molecule has 1 aromatic carbocycles. The Morgan fingerprint density at radius 3 is 2.71 bits per heavy atom. The number of thioether (sulfide) groups is 1. The Hall–Kier alpha value is -1.75. The second kappa shape index (κ2) is 5.54. The van der Waals surface area contributed by atoms with E-state index < -0.39 is 5.97 Å². The van der Waals surface area contributed by atoms with Crippen molar-refractivity contribution in [3.8, 4) is 0 Å². The number of imidazole rings is 1. The predicted molar refractivity (Wildman–Crippen MR) is 66.4 cm³/mol. The molecule has 0 aliphatic carbocycles. The number of benzene rings is 1. The summed E-state index contributed by atoms with van der Waals surface area (Å²) in [5.74, 6) is 0.0444. The molecule has 0 atom stereocenters. The maximum atomic E-state index is 10.7. The molecule has 0 unspecified atom stereocenters. The Morgan fingerprint density at radius 2 is 2.12 bits per heavy atom. The maximum Gasteiger partial charge on any atom is 0.335 e. The number of hydrogen-bond acceptors (Lipinski definition) is 3. The van der Waals surface area contributed by atoms with Gasteiger partial charge >= 0.3 is 5.97 Å². The highest BCUT2D eigenvalue weighted by Gasteiger charge is 2.01. The first-order valence-corrected chi connectivity index (χ1v) is 6.16. The lowest BCUT2D eigenvalue weighted by molar-refractivity contribution is 0.0697. The van der Waals surface area contributed by atoms with Gasteiger partial charge in [0, 0.05) is 29.6 Å². The SMILES string of the molecule is O=C(O)c1ccc(SCCn2ccnc2)cc1. The van der Waals surface area contributed by atoms with Crippen molar-refractivity contribution < 1.29 is 9.90 Å². The number of carbonyl (C=O) groups is 1. The molecule has 1 N–H and O–H groups in total. The van der Waals surface area contributed by atoms with E-state index in [1.807, 2.05) is 22.9 Å². The molecule has 0 saturated carbocycles. The van der Waals surface area contributed by atoms with Gasteiger partial charge in [-0.15, -0.1) is 11.8 Å². The van der Waals surface area contributed by atoms with Gasteiger partial charge in [-0.1, -0.05) is 0 Å². The van der Waals surface area contributed by atoms with Crippen LogP contribution in [0.3, 0.4) is 0 Å². The lowest BCUT2D eigenvalue weighted by atomic mass is 10.2. The average molecular weight is 248 g/mol. The van der Waals surface area contributed by atoms with Gasteiger partial charge in [0.25, 0.3) is 0 Å². The van der Waals surface area contributed by atoms with E-state index in [0.717, 1.165) is 17.2 Å². The number of hydrogen-bond donors (Lipinski definition) is 1. The van der Waals surface area contributed by atoms with E-state index in [9.17, 15) is 4.79 Å². The zero-order valence-electron chi connectivity index (χ0n) is 9.11. The minimum Gasteiger partial charge on any atom is -0.478 e. The smallest absolute Gasteiger partial charge is 0.335 e. The Morgan fingerprint density at radius 1 is 1.35 bits per heavy atom. The van der Waals surface area contributed by atoms with Gasteiger partial charge in [-0.2, -0.15) is 0 Å². The molecule has 2 aromatic rings. The molecule has 0 amide bonds. The van der Waals surface area contributed by atoms with E-state index in [0.29, 0.717) is 5.56 Å². The monoisotopic (exact) mass is 248 g/mol. The summed E-state index contributed by atoms with van der Waals surface area (Å²) in [6.07, 6.45) is 5.47. The first-order chi connectivity index (χ1) is 8.25. The Kier molecular flexibility index (Phi) is 3.82. The summed E-state index contributed by atoms with van der Waals surface area (Å²) in [6.45, 7) is 0.894.